The molecule has 2 atom stereocenters. The molecule has 0 spiro atoms. The number of carboxylic acid groups (broad SMARTS) is 2. The molecule has 11 heteroatoms. The van der Waals surface area contributed by atoms with E-state index in [0.717, 1.165) is 0 Å². The number of carbonyl (C=O) groups excluding carboxylic acids is 1. The molecule has 19 heavy (non-hydrogen) atoms. The number of nitrogens with two attached hydrogens (primary N) is 1. The number of aliphatic carboxylic acids is 2. The lowest BCUT2D eigenvalue weighted by Gasteiger charge is -2.13. The second kappa shape index (κ2) is 7.01. The number of amides is 1. The van der Waals surface area contributed by atoms with E-state index in [0.29, 0.717) is 0 Å². The third-order valence-corrected chi connectivity index (χ3v) is 2.76. The summed E-state index contributed by atoms with van der Waals surface area (Å²) in [5.41, 5.74) is 5.13. The lowest BCUT2D eigenvalue weighted by molar-refractivity contribution is -0.142. The van der Waals surface area contributed by atoms with Crippen molar-refractivity contribution in [2.45, 2.75) is 24.9 Å². The van der Waals surface area contributed by atoms with Gasteiger partial charge in [-0.3, -0.25) is 14.1 Å². The summed E-state index contributed by atoms with van der Waals surface area (Å²) in [4.78, 5) is 32.3. The molecule has 0 aliphatic heterocycles. The Morgan fingerprint density at radius 2 is 1.68 bits per heavy atom. The van der Waals surface area contributed by atoms with Crippen molar-refractivity contribution in [2.75, 3.05) is 5.75 Å². The highest BCUT2D eigenvalue weighted by Gasteiger charge is 2.26. The van der Waals surface area contributed by atoms with Crippen LogP contribution in [0.15, 0.2) is 0 Å². The van der Waals surface area contributed by atoms with E-state index in [1.807, 2.05) is 5.32 Å². The van der Waals surface area contributed by atoms with Gasteiger partial charge in [0.05, 0.1) is 0 Å². The fourth-order valence-corrected chi connectivity index (χ4v) is 1.71. The topological polar surface area (TPSA) is 184 Å². The van der Waals surface area contributed by atoms with Gasteiger partial charge < -0.3 is 21.3 Å². The number of hydrogen-bond acceptors (Lipinski definition) is 6. The van der Waals surface area contributed by atoms with E-state index in [1.54, 1.807) is 0 Å². The van der Waals surface area contributed by atoms with Crippen LogP contribution in [0.2, 0.25) is 0 Å². The van der Waals surface area contributed by atoms with E-state index in [4.69, 9.17) is 20.5 Å². The summed E-state index contributed by atoms with van der Waals surface area (Å²) in [6.07, 6.45) is -0.623. The van der Waals surface area contributed by atoms with E-state index >= 15 is 0 Å². The van der Waals surface area contributed by atoms with Crippen LogP contribution in [0.1, 0.15) is 12.8 Å². The normalized spacial score (nSPS) is 14.4. The maximum atomic E-state index is 11.3. The van der Waals surface area contributed by atoms with Gasteiger partial charge in [-0.05, 0) is 6.42 Å². The molecule has 0 aromatic heterocycles. The summed E-state index contributed by atoms with van der Waals surface area (Å²) in [7, 11) is -4.57. The van der Waals surface area contributed by atoms with Gasteiger partial charge in [0.15, 0.2) is 0 Å². The first-order valence-electron chi connectivity index (χ1n) is 4.98. The molecule has 0 rings (SSSR count). The van der Waals surface area contributed by atoms with E-state index in [2.05, 4.69) is 0 Å². The van der Waals surface area contributed by atoms with Gasteiger partial charge in [0.25, 0.3) is 10.1 Å². The molecule has 6 N–H and O–H groups in total. The predicted octanol–water partition coefficient (Wildman–Crippen LogP) is -2.36. The highest BCUT2D eigenvalue weighted by molar-refractivity contribution is 7.85. The minimum absolute atomic E-state index is 0.237. The lowest BCUT2D eigenvalue weighted by Crippen LogP contribution is -2.45. The van der Waals surface area contributed by atoms with Gasteiger partial charge in [-0.15, -0.1) is 0 Å². The molecular weight excluding hydrogens is 284 g/mol. The Kier molecular flexibility index (Phi) is 6.38. The van der Waals surface area contributed by atoms with Crippen molar-refractivity contribution >= 4 is 28.0 Å². The zero-order valence-electron chi connectivity index (χ0n) is 9.64. The number of rotatable bonds is 8. The third-order valence-electron chi connectivity index (χ3n) is 2.01. The number of carbonyl (C=O) groups is 3. The number of hydrogen-bond donors (Lipinski definition) is 5. The fraction of sp³-hybridized carbons (Fsp3) is 0.625. The van der Waals surface area contributed by atoms with Crippen molar-refractivity contribution in [2.24, 2.45) is 5.73 Å². The minimum Gasteiger partial charge on any atom is -0.480 e. The van der Waals surface area contributed by atoms with Crippen LogP contribution >= 0.6 is 0 Å². The first kappa shape index (κ1) is 17.3. The van der Waals surface area contributed by atoms with Crippen LogP contribution in [0.5, 0.6) is 0 Å². The largest absolute Gasteiger partial charge is 0.480 e. The van der Waals surface area contributed by atoms with E-state index in [-0.39, 0.29) is 12.8 Å². The Labute approximate surface area is 108 Å². The highest BCUT2D eigenvalue weighted by Crippen LogP contribution is 1.98. The van der Waals surface area contributed by atoms with Gasteiger partial charge in [0, 0.05) is 6.42 Å². The van der Waals surface area contributed by atoms with Crippen LogP contribution in [0.3, 0.4) is 0 Å². The van der Waals surface area contributed by atoms with Crippen molar-refractivity contribution in [3.05, 3.63) is 0 Å². The Bertz CT molecular complexity index is 459. The molecule has 10 nitrogen and oxygen atoms in total. The Balaban J connectivity index is 4.41. The molecule has 0 aromatic rings. The Morgan fingerprint density at radius 3 is 2.05 bits per heavy atom. The van der Waals surface area contributed by atoms with Crippen molar-refractivity contribution in [1.82, 2.24) is 5.32 Å². The molecule has 0 radical (unpaired) electrons. The average molecular weight is 298 g/mol. The first-order chi connectivity index (χ1) is 8.53. The zero-order chi connectivity index (χ0) is 15.2. The van der Waals surface area contributed by atoms with Crippen LogP contribution in [0.25, 0.3) is 0 Å². The summed E-state index contributed by atoms with van der Waals surface area (Å²) < 4.78 is 29.6. The summed E-state index contributed by atoms with van der Waals surface area (Å²) in [6, 6.07) is -3.10. The Hall–Kier alpha value is -1.72. The van der Waals surface area contributed by atoms with E-state index in [1.165, 1.54) is 0 Å². The first-order valence-corrected chi connectivity index (χ1v) is 6.59. The predicted molar refractivity (Wildman–Crippen MR) is 60.8 cm³/mol. The number of nitrogens with one attached hydrogen (secondary N) is 1. The van der Waals surface area contributed by atoms with Crippen LogP contribution in [0, 0.1) is 0 Å². The molecule has 0 unspecified atom stereocenters. The van der Waals surface area contributed by atoms with Crippen molar-refractivity contribution < 1.29 is 37.6 Å². The molecule has 0 fully saturated rings. The molecule has 0 aliphatic carbocycles. The molecule has 0 saturated heterocycles. The molecule has 0 bridgehead atoms. The second-order valence-corrected chi connectivity index (χ2v) is 5.19. The summed E-state index contributed by atoms with van der Waals surface area (Å²) >= 11 is 0. The molecule has 1 amide bonds. The van der Waals surface area contributed by atoms with Gasteiger partial charge in [0.2, 0.25) is 5.91 Å². The summed E-state index contributed by atoms with van der Waals surface area (Å²) in [5.74, 6) is -5.03. The van der Waals surface area contributed by atoms with Crippen LogP contribution in [-0.2, 0) is 24.5 Å². The van der Waals surface area contributed by atoms with Gasteiger partial charge in [-0.1, -0.05) is 0 Å². The maximum absolute atomic E-state index is 11.3. The molecule has 0 saturated carbocycles. The molecule has 0 aromatic carbocycles. The molecule has 110 valence electrons. The number of carboxylic acids is 2. The van der Waals surface area contributed by atoms with Crippen LogP contribution in [0.4, 0.5) is 0 Å². The van der Waals surface area contributed by atoms with E-state index < -0.39 is 45.8 Å². The van der Waals surface area contributed by atoms with Gasteiger partial charge in [-0.2, -0.15) is 8.42 Å². The quantitative estimate of drug-likeness (QED) is 0.305. The monoisotopic (exact) mass is 298 g/mol. The fourth-order valence-electron chi connectivity index (χ4n) is 1.06. The zero-order valence-corrected chi connectivity index (χ0v) is 10.5. The minimum atomic E-state index is -4.57. The van der Waals surface area contributed by atoms with E-state index in [9.17, 15) is 22.8 Å². The Morgan fingerprint density at radius 1 is 1.16 bits per heavy atom. The summed E-state index contributed by atoms with van der Waals surface area (Å²) in [5, 5.41) is 18.9. The van der Waals surface area contributed by atoms with Crippen molar-refractivity contribution in [1.29, 1.82) is 0 Å². The molecular formula is C8H14N2O8S. The van der Waals surface area contributed by atoms with Crippen molar-refractivity contribution in [3.63, 3.8) is 0 Å². The molecule has 0 heterocycles. The third kappa shape index (κ3) is 8.07. The van der Waals surface area contributed by atoms with Crippen LogP contribution in [-0.4, -0.2) is 58.9 Å². The van der Waals surface area contributed by atoms with Crippen molar-refractivity contribution in [3.8, 4) is 0 Å². The second-order valence-electron chi connectivity index (χ2n) is 3.69. The van der Waals surface area contributed by atoms with Gasteiger partial charge >= 0.3 is 11.9 Å². The van der Waals surface area contributed by atoms with Crippen LogP contribution < -0.4 is 11.1 Å². The lowest BCUT2D eigenvalue weighted by atomic mass is 10.1. The van der Waals surface area contributed by atoms with Gasteiger partial charge in [0.1, 0.15) is 17.8 Å². The highest BCUT2D eigenvalue weighted by atomic mass is 32.2. The maximum Gasteiger partial charge on any atom is 0.327 e. The molecule has 0 aliphatic rings. The van der Waals surface area contributed by atoms with Gasteiger partial charge in [-0.25, -0.2) is 4.79 Å². The smallest absolute Gasteiger partial charge is 0.327 e. The summed E-state index contributed by atoms with van der Waals surface area (Å²) in [6.45, 7) is 0. The average Bonchev–Trinajstić information content (AvgIpc) is 2.22. The SMILES string of the molecule is N[C@H](CCC(=O)N[C@H](CS(=O)(=O)O)C(=O)O)C(=O)O. The standard InChI is InChI=1S/C8H14N2O8S/c9-4(7(12)13)1-2-6(11)10-5(8(14)15)3-19(16,17)18/h4-5H,1-3,9H2,(H,10,11)(H,12,13)(H,14,15)(H,16,17,18)/t4-,5-/m1/s1.